The molecule has 1 atom stereocenters. The van der Waals surface area contributed by atoms with Gasteiger partial charge in [-0.3, -0.25) is 4.90 Å². The number of aliphatic hydroxyl groups is 1. The van der Waals surface area contributed by atoms with E-state index in [1.54, 1.807) is 0 Å². The zero-order valence-electron chi connectivity index (χ0n) is 8.93. The molecule has 0 fully saturated rings. The molecule has 12 heavy (non-hydrogen) atoms. The van der Waals surface area contributed by atoms with Gasteiger partial charge in [-0.25, -0.2) is 0 Å². The maximum Gasteiger partial charge on any atom is 0.0448 e. The fourth-order valence-electron chi connectivity index (χ4n) is 1.79. The highest BCUT2D eigenvalue weighted by atomic mass is 16.3. The average Bonchev–Trinajstić information content (AvgIpc) is 2.07. The predicted octanol–water partition coefficient (Wildman–Crippen LogP) is 1.88. The van der Waals surface area contributed by atoms with Gasteiger partial charge in [0.15, 0.2) is 0 Å². The first-order valence-electron chi connectivity index (χ1n) is 5.00. The minimum atomic E-state index is 0.193. The molecule has 0 aromatic heterocycles. The van der Waals surface area contributed by atoms with Crippen molar-refractivity contribution in [2.45, 2.75) is 46.1 Å². The van der Waals surface area contributed by atoms with E-state index in [0.29, 0.717) is 6.61 Å². The molecular formula is C10H23NO. The second-order valence-corrected chi connectivity index (χ2v) is 3.50. The first-order valence-corrected chi connectivity index (χ1v) is 5.00. The van der Waals surface area contributed by atoms with Gasteiger partial charge >= 0.3 is 0 Å². The van der Waals surface area contributed by atoms with Crippen LogP contribution in [-0.4, -0.2) is 35.2 Å². The van der Waals surface area contributed by atoms with Gasteiger partial charge in [-0.2, -0.15) is 0 Å². The Morgan fingerprint density at radius 2 is 1.67 bits per heavy atom. The van der Waals surface area contributed by atoms with Gasteiger partial charge in [0, 0.05) is 12.1 Å². The van der Waals surface area contributed by atoms with Crippen LogP contribution >= 0.6 is 0 Å². The van der Waals surface area contributed by atoms with E-state index in [2.05, 4.69) is 32.6 Å². The molecule has 0 radical (unpaired) electrons. The van der Waals surface area contributed by atoms with Gasteiger partial charge in [0.05, 0.1) is 0 Å². The van der Waals surface area contributed by atoms with Gasteiger partial charge in [0.25, 0.3) is 0 Å². The molecule has 74 valence electrons. The zero-order valence-corrected chi connectivity index (χ0v) is 8.93. The molecule has 1 N–H and O–H groups in total. The summed E-state index contributed by atoms with van der Waals surface area (Å²) in [5.74, 6) is 0. The molecule has 0 spiro atoms. The van der Waals surface area contributed by atoms with Gasteiger partial charge < -0.3 is 5.11 Å². The second-order valence-electron chi connectivity index (χ2n) is 3.50. The van der Waals surface area contributed by atoms with E-state index in [9.17, 15) is 0 Å². The van der Waals surface area contributed by atoms with E-state index in [4.69, 9.17) is 5.11 Å². The highest BCUT2D eigenvalue weighted by molar-refractivity contribution is 4.83. The van der Waals surface area contributed by atoms with Gasteiger partial charge in [0.1, 0.15) is 0 Å². The summed E-state index contributed by atoms with van der Waals surface area (Å²) in [6, 6.07) is 0. The van der Waals surface area contributed by atoms with E-state index in [1.807, 2.05) is 0 Å². The molecule has 0 aromatic carbocycles. The standard InChI is InChI=1S/C10H23NO/c1-5-10(4,8-9-12)11(6-2)7-3/h12H,5-9H2,1-4H3. The summed E-state index contributed by atoms with van der Waals surface area (Å²) in [5.41, 5.74) is 0.193. The molecule has 0 aromatic rings. The van der Waals surface area contributed by atoms with Crippen LogP contribution in [0.15, 0.2) is 0 Å². The molecule has 0 saturated heterocycles. The summed E-state index contributed by atoms with van der Waals surface area (Å²) < 4.78 is 0. The van der Waals surface area contributed by atoms with Crippen LogP contribution in [0.4, 0.5) is 0 Å². The summed E-state index contributed by atoms with van der Waals surface area (Å²) in [4.78, 5) is 2.42. The number of nitrogens with zero attached hydrogens (tertiary/aromatic N) is 1. The normalized spacial score (nSPS) is 16.5. The number of hydrogen-bond acceptors (Lipinski definition) is 2. The third-order valence-electron chi connectivity index (χ3n) is 2.94. The van der Waals surface area contributed by atoms with Crippen LogP contribution in [0.2, 0.25) is 0 Å². The summed E-state index contributed by atoms with van der Waals surface area (Å²) in [6.07, 6.45) is 1.99. The third kappa shape index (κ3) is 2.76. The van der Waals surface area contributed by atoms with Crippen LogP contribution in [0.1, 0.15) is 40.5 Å². The molecule has 0 saturated carbocycles. The molecule has 0 aliphatic carbocycles. The Morgan fingerprint density at radius 1 is 1.17 bits per heavy atom. The van der Waals surface area contributed by atoms with Gasteiger partial charge in [-0.05, 0) is 32.9 Å². The smallest absolute Gasteiger partial charge is 0.0448 e. The van der Waals surface area contributed by atoms with E-state index >= 15 is 0 Å². The molecule has 0 bridgehead atoms. The average molecular weight is 173 g/mol. The van der Waals surface area contributed by atoms with Gasteiger partial charge in [-0.15, -0.1) is 0 Å². The first-order chi connectivity index (χ1) is 5.64. The van der Waals surface area contributed by atoms with E-state index < -0.39 is 0 Å². The van der Waals surface area contributed by atoms with E-state index in [0.717, 1.165) is 25.9 Å². The summed E-state index contributed by atoms with van der Waals surface area (Å²) in [6.45, 7) is 11.2. The Labute approximate surface area is 76.6 Å². The molecule has 0 amide bonds. The maximum atomic E-state index is 8.95. The van der Waals surface area contributed by atoms with Crippen LogP contribution in [0.3, 0.4) is 0 Å². The summed E-state index contributed by atoms with van der Waals surface area (Å²) >= 11 is 0. The van der Waals surface area contributed by atoms with Crippen molar-refractivity contribution in [3.8, 4) is 0 Å². The minimum Gasteiger partial charge on any atom is -0.396 e. The van der Waals surface area contributed by atoms with Crippen LogP contribution in [0.25, 0.3) is 0 Å². The largest absolute Gasteiger partial charge is 0.396 e. The third-order valence-corrected chi connectivity index (χ3v) is 2.94. The predicted molar refractivity (Wildman–Crippen MR) is 53.3 cm³/mol. The lowest BCUT2D eigenvalue weighted by molar-refractivity contribution is 0.0810. The first kappa shape index (κ1) is 11.9. The highest BCUT2D eigenvalue weighted by Crippen LogP contribution is 2.22. The highest BCUT2D eigenvalue weighted by Gasteiger charge is 2.26. The van der Waals surface area contributed by atoms with Crippen LogP contribution in [0.5, 0.6) is 0 Å². The van der Waals surface area contributed by atoms with Crippen molar-refractivity contribution in [2.24, 2.45) is 0 Å². The molecule has 0 aliphatic heterocycles. The Balaban J connectivity index is 4.24. The van der Waals surface area contributed by atoms with Crippen molar-refractivity contribution < 1.29 is 5.11 Å². The lowest BCUT2D eigenvalue weighted by atomic mass is 9.92. The number of hydrogen-bond donors (Lipinski definition) is 1. The quantitative estimate of drug-likeness (QED) is 0.663. The molecule has 0 aliphatic rings. The summed E-state index contributed by atoms with van der Waals surface area (Å²) in [7, 11) is 0. The maximum absolute atomic E-state index is 8.95. The van der Waals surface area contributed by atoms with Crippen LogP contribution < -0.4 is 0 Å². The van der Waals surface area contributed by atoms with Crippen molar-refractivity contribution in [1.29, 1.82) is 0 Å². The van der Waals surface area contributed by atoms with E-state index in [1.165, 1.54) is 0 Å². The van der Waals surface area contributed by atoms with Crippen molar-refractivity contribution >= 4 is 0 Å². The molecule has 1 unspecified atom stereocenters. The Bertz CT molecular complexity index is 112. The van der Waals surface area contributed by atoms with Crippen molar-refractivity contribution in [3.63, 3.8) is 0 Å². The number of rotatable bonds is 6. The van der Waals surface area contributed by atoms with Crippen molar-refractivity contribution in [1.82, 2.24) is 4.90 Å². The lowest BCUT2D eigenvalue weighted by Crippen LogP contribution is -2.46. The molecule has 0 heterocycles. The molecular weight excluding hydrogens is 150 g/mol. The molecule has 2 heteroatoms. The fourth-order valence-corrected chi connectivity index (χ4v) is 1.79. The van der Waals surface area contributed by atoms with Crippen LogP contribution in [0, 0.1) is 0 Å². The fraction of sp³-hybridized carbons (Fsp3) is 1.00. The SMILES string of the molecule is CCN(CC)C(C)(CC)CCO. The second kappa shape index (κ2) is 5.55. The van der Waals surface area contributed by atoms with Crippen molar-refractivity contribution in [2.75, 3.05) is 19.7 Å². The molecule has 2 nitrogen and oxygen atoms in total. The zero-order chi connectivity index (χ0) is 9.61. The monoisotopic (exact) mass is 173 g/mol. The van der Waals surface area contributed by atoms with Crippen LogP contribution in [-0.2, 0) is 0 Å². The Kier molecular flexibility index (Phi) is 5.51. The van der Waals surface area contributed by atoms with E-state index in [-0.39, 0.29) is 5.54 Å². The molecule has 0 rings (SSSR count). The van der Waals surface area contributed by atoms with Crippen molar-refractivity contribution in [3.05, 3.63) is 0 Å². The number of aliphatic hydroxyl groups excluding tert-OH is 1. The topological polar surface area (TPSA) is 23.5 Å². The van der Waals surface area contributed by atoms with Gasteiger partial charge in [-0.1, -0.05) is 20.8 Å². The van der Waals surface area contributed by atoms with Gasteiger partial charge in [0.2, 0.25) is 0 Å². The lowest BCUT2D eigenvalue weighted by Gasteiger charge is -2.39. The Hall–Kier alpha value is -0.0800. The minimum absolute atomic E-state index is 0.193. The Morgan fingerprint density at radius 3 is 1.92 bits per heavy atom. The summed E-state index contributed by atoms with van der Waals surface area (Å²) in [5, 5.41) is 8.95.